The highest BCUT2D eigenvalue weighted by Crippen LogP contribution is 2.30. The van der Waals surface area contributed by atoms with Crippen LogP contribution in [0.2, 0.25) is 0 Å². The van der Waals surface area contributed by atoms with Gasteiger partial charge in [-0.05, 0) is 30.7 Å². The average Bonchev–Trinajstić information content (AvgIpc) is 2.47. The Bertz CT molecular complexity index is 563. The Labute approximate surface area is 115 Å². The molecule has 0 aromatic heterocycles. The number of carbonyl (C=O) groups excluding carboxylic acids is 3. The fraction of sp³-hybridized carbons (Fsp3) is 0.357. The maximum atomic E-state index is 12.1. The summed E-state index contributed by atoms with van der Waals surface area (Å²) in [5.41, 5.74) is 0.693. The zero-order valence-electron chi connectivity index (χ0n) is 11.2. The van der Waals surface area contributed by atoms with Crippen LogP contribution in [0.1, 0.15) is 28.8 Å². The molecule has 1 atom stereocenters. The maximum absolute atomic E-state index is 12.1. The summed E-state index contributed by atoms with van der Waals surface area (Å²) in [5.74, 6) is -2.52. The lowest BCUT2D eigenvalue weighted by Gasteiger charge is -2.23. The molecule has 6 heteroatoms. The van der Waals surface area contributed by atoms with Crippen LogP contribution in [0.4, 0.5) is 0 Å². The van der Waals surface area contributed by atoms with E-state index in [-0.39, 0.29) is 18.8 Å². The predicted octanol–water partition coefficient (Wildman–Crippen LogP) is 1.08. The van der Waals surface area contributed by atoms with Gasteiger partial charge < -0.3 is 14.2 Å². The molecule has 0 spiro atoms. The van der Waals surface area contributed by atoms with Gasteiger partial charge in [0.25, 0.3) is 5.78 Å². The Morgan fingerprint density at radius 1 is 1.40 bits per heavy atom. The Hall–Kier alpha value is -2.37. The molecular formula is C14H14O6. The van der Waals surface area contributed by atoms with Gasteiger partial charge in [-0.1, -0.05) is 0 Å². The molecule has 1 aliphatic heterocycles. The summed E-state index contributed by atoms with van der Waals surface area (Å²) in [7, 11) is 1.48. The SMILES string of the molecule is CCOC(=O)C(=O)C1COC(=O)c2ccc(OC)cc21. The van der Waals surface area contributed by atoms with Crippen molar-refractivity contribution in [1.82, 2.24) is 0 Å². The van der Waals surface area contributed by atoms with Crippen molar-refractivity contribution in [2.45, 2.75) is 12.8 Å². The molecule has 0 fully saturated rings. The number of esters is 2. The van der Waals surface area contributed by atoms with Crippen molar-refractivity contribution >= 4 is 17.7 Å². The van der Waals surface area contributed by atoms with Gasteiger partial charge in [-0.15, -0.1) is 0 Å². The van der Waals surface area contributed by atoms with Crippen molar-refractivity contribution in [3.8, 4) is 5.75 Å². The highest BCUT2D eigenvalue weighted by molar-refractivity contribution is 6.36. The summed E-state index contributed by atoms with van der Waals surface area (Å²) < 4.78 is 14.7. The van der Waals surface area contributed by atoms with Gasteiger partial charge in [0.2, 0.25) is 0 Å². The molecule has 1 aliphatic rings. The quantitative estimate of drug-likeness (QED) is 0.605. The highest BCUT2D eigenvalue weighted by atomic mass is 16.5. The van der Waals surface area contributed by atoms with Gasteiger partial charge in [-0.3, -0.25) is 4.79 Å². The normalized spacial score (nSPS) is 16.9. The van der Waals surface area contributed by atoms with Gasteiger partial charge >= 0.3 is 11.9 Å². The van der Waals surface area contributed by atoms with Crippen molar-refractivity contribution in [1.29, 1.82) is 0 Å². The third kappa shape index (κ3) is 2.49. The van der Waals surface area contributed by atoms with Crippen molar-refractivity contribution < 1.29 is 28.6 Å². The van der Waals surface area contributed by atoms with Crippen LogP contribution >= 0.6 is 0 Å². The molecule has 0 saturated carbocycles. The molecule has 0 N–H and O–H groups in total. The first kappa shape index (κ1) is 14.0. The van der Waals surface area contributed by atoms with E-state index in [2.05, 4.69) is 0 Å². The van der Waals surface area contributed by atoms with Crippen LogP contribution in [0.5, 0.6) is 5.75 Å². The number of ketones is 1. The van der Waals surface area contributed by atoms with Crippen molar-refractivity contribution in [3.63, 3.8) is 0 Å². The molecule has 2 rings (SSSR count). The Morgan fingerprint density at radius 2 is 2.15 bits per heavy atom. The summed E-state index contributed by atoms with van der Waals surface area (Å²) in [6.45, 7) is 1.56. The zero-order valence-corrected chi connectivity index (χ0v) is 11.2. The van der Waals surface area contributed by atoms with Crippen molar-refractivity contribution in [2.75, 3.05) is 20.3 Å². The Kier molecular flexibility index (Phi) is 4.02. The van der Waals surface area contributed by atoms with Gasteiger partial charge in [0.1, 0.15) is 12.4 Å². The smallest absolute Gasteiger partial charge is 0.375 e. The Balaban J connectivity index is 2.39. The number of methoxy groups -OCH3 is 1. The number of hydrogen-bond donors (Lipinski definition) is 0. The zero-order chi connectivity index (χ0) is 14.7. The summed E-state index contributed by atoms with van der Waals surface area (Å²) in [6.07, 6.45) is 0. The number of fused-ring (bicyclic) bond motifs is 1. The summed E-state index contributed by atoms with van der Waals surface area (Å²) >= 11 is 0. The van der Waals surface area contributed by atoms with Crippen LogP contribution in [-0.2, 0) is 19.1 Å². The maximum Gasteiger partial charge on any atom is 0.375 e. The molecule has 20 heavy (non-hydrogen) atoms. The lowest BCUT2D eigenvalue weighted by atomic mass is 9.89. The Morgan fingerprint density at radius 3 is 2.80 bits per heavy atom. The average molecular weight is 278 g/mol. The minimum absolute atomic E-state index is 0.113. The molecule has 106 valence electrons. The van der Waals surface area contributed by atoms with Crippen molar-refractivity contribution in [2.24, 2.45) is 0 Å². The number of rotatable bonds is 4. The van der Waals surface area contributed by atoms with Crippen molar-refractivity contribution in [3.05, 3.63) is 29.3 Å². The summed E-state index contributed by atoms with van der Waals surface area (Å²) in [6, 6.07) is 4.68. The topological polar surface area (TPSA) is 78.9 Å². The second kappa shape index (κ2) is 5.73. The predicted molar refractivity (Wildman–Crippen MR) is 67.7 cm³/mol. The lowest BCUT2D eigenvalue weighted by Crippen LogP contribution is -2.33. The third-order valence-corrected chi connectivity index (χ3v) is 3.03. The number of benzene rings is 1. The summed E-state index contributed by atoms with van der Waals surface area (Å²) in [4.78, 5) is 35.3. The molecule has 0 saturated heterocycles. The van der Waals surface area contributed by atoms with E-state index >= 15 is 0 Å². The fourth-order valence-corrected chi connectivity index (χ4v) is 2.03. The highest BCUT2D eigenvalue weighted by Gasteiger charge is 2.36. The largest absolute Gasteiger partial charge is 0.497 e. The molecule has 0 amide bonds. The van der Waals surface area contributed by atoms with Gasteiger partial charge in [0, 0.05) is 0 Å². The van der Waals surface area contributed by atoms with Crippen LogP contribution in [0.25, 0.3) is 0 Å². The number of carbonyl (C=O) groups is 3. The molecule has 1 heterocycles. The number of hydrogen-bond acceptors (Lipinski definition) is 6. The van der Waals surface area contributed by atoms with E-state index in [1.165, 1.54) is 13.2 Å². The number of ether oxygens (including phenoxy) is 3. The van der Waals surface area contributed by atoms with E-state index in [0.29, 0.717) is 11.3 Å². The van der Waals surface area contributed by atoms with Gasteiger partial charge in [-0.2, -0.15) is 0 Å². The van der Waals surface area contributed by atoms with Crippen LogP contribution in [-0.4, -0.2) is 38.0 Å². The van der Waals surface area contributed by atoms with Gasteiger partial charge in [0.15, 0.2) is 0 Å². The van der Waals surface area contributed by atoms with Crippen LogP contribution in [0.15, 0.2) is 18.2 Å². The lowest BCUT2D eigenvalue weighted by molar-refractivity contribution is -0.154. The molecule has 1 aromatic carbocycles. The second-order valence-electron chi connectivity index (χ2n) is 4.19. The molecule has 6 nitrogen and oxygen atoms in total. The monoisotopic (exact) mass is 278 g/mol. The number of Topliss-reactive ketones (excluding diaryl/α,β-unsaturated/α-hetero) is 1. The first-order valence-corrected chi connectivity index (χ1v) is 6.14. The molecule has 0 aliphatic carbocycles. The molecule has 0 bridgehead atoms. The van der Waals surface area contributed by atoms with E-state index in [1.807, 2.05) is 0 Å². The van der Waals surface area contributed by atoms with E-state index in [1.54, 1.807) is 19.1 Å². The third-order valence-electron chi connectivity index (χ3n) is 3.03. The first-order valence-electron chi connectivity index (χ1n) is 6.14. The molecule has 0 radical (unpaired) electrons. The minimum atomic E-state index is -0.927. The molecule has 1 unspecified atom stereocenters. The van der Waals surface area contributed by atoms with E-state index in [4.69, 9.17) is 14.2 Å². The molecular weight excluding hydrogens is 264 g/mol. The standard InChI is InChI=1S/C14H14O6/c1-3-19-14(17)12(15)11-7-20-13(16)9-5-4-8(18-2)6-10(9)11/h4-6,11H,3,7H2,1-2H3. The van der Waals surface area contributed by atoms with E-state index in [9.17, 15) is 14.4 Å². The summed E-state index contributed by atoms with van der Waals surface area (Å²) in [5, 5.41) is 0. The van der Waals surface area contributed by atoms with Gasteiger partial charge in [-0.25, -0.2) is 9.59 Å². The van der Waals surface area contributed by atoms with Crippen LogP contribution < -0.4 is 4.74 Å². The molecule has 1 aromatic rings. The number of cyclic esters (lactones) is 1. The van der Waals surface area contributed by atoms with E-state index < -0.39 is 23.6 Å². The fourth-order valence-electron chi connectivity index (χ4n) is 2.03. The minimum Gasteiger partial charge on any atom is -0.497 e. The second-order valence-corrected chi connectivity index (χ2v) is 4.19. The van der Waals surface area contributed by atoms with Gasteiger partial charge in [0.05, 0.1) is 25.2 Å². The van der Waals surface area contributed by atoms with Crippen LogP contribution in [0, 0.1) is 0 Å². The first-order chi connectivity index (χ1) is 9.58. The van der Waals surface area contributed by atoms with E-state index in [0.717, 1.165) is 0 Å². The van der Waals surface area contributed by atoms with Crippen LogP contribution in [0.3, 0.4) is 0 Å².